The van der Waals surface area contributed by atoms with Crippen LogP contribution in [0, 0.1) is 0 Å². The highest BCUT2D eigenvalue weighted by molar-refractivity contribution is 7.09. The number of nitrogens with zero attached hydrogens (tertiary/aromatic N) is 2. The Hall–Kier alpha value is -0.500. The van der Waals surface area contributed by atoms with Crippen LogP contribution in [0.1, 0.15) is 18.7 Å². The molecular formula is C16H28N2O3S. The molecule has 1 fully saturated rings. The Labute approximate surface area is 137 Å². The molecule has 126 valence electrons. The van der Waals surface area contributed by atoms with Crippen LogP contribution in [-0.4, -0.2) is 77.6 Å². The van der Waals surface area contributed by atoms with E-state index in [0.717, 1.165) is 26.2 Å². The highest BCUT2D eigenvalue weighted by Crippen LogP contribution is 2.12. The molecule has 0 bridgehead atoms. The van der Waals surface area contributed by atoms with Crippen LogP contribution in [0.4, 0.5) is 0 Å². The van der Waals surface area contributed by atoms with E-state index < -0.39 is 6.10 Å². The van der Waals surface area contributed by atoms with E-state index in [2.05, 4.69) is 16.7 Å². The van der Waals surface area contributed by atoms with Crippen LogP contribution in [0.2, 0.25) is 0 Å². The Morgan fingerprint density at radius 2 is 2.18 bits per heavy atom. The first kappa shape index (κ1) is 17.8. The molecule has 2 heterocycles. The zero-order valence-corrected chi connectivity index (χ0v) is 14.3. The summed E-state index contributed by atoms with van der Waals surface area (Å²) in [7, 11) is 0. The van der Waals surface area contributed by atoms with Gasteiger partial charge < -0.3 is 14.9 Å². The minimum Gasteiger partial charge on any atom is -0.392 e. The zero-order chi connectivity index (χ0) is 15.9. The Balaban J connectivity index is 1.64. The Morgan fingerprint density at radius 3 is 2.82 bits per heavy atom. The van der Waals surface area contributed by atoms with Crippen molar-refractivity contribution in [1.29, 1.82) is 0 Å². The van der Waals surface area contributed by atoms with Gasteiger partial charge in [-0.1, -0.05) is 6.07 Å². The maximum atomic E-state index is 10.1. The number of hydrogen-bond donors (Lipinski definition) is 2. The molecule has 0 saturated carbocycles. The summed E-state index contributed by atoms with van der Waals surface area (Å²) in [6, 6.07) is 4.45. The average molecular weight is 328 g/mol. The van der Waals surface area contributed by atoms with Gasteiger partial charge in [-0.2, -0.15) is 0 Å². The van der Waals surface area contributed by atoms with Crippen LogP contribution < -0.4 is 0 Å². The van der Waals surface area contributed by atoms with Gasteiger partial charge in [0.1, 0.15) is 0 Å². The van der Waals surface area contributed by atoms with Crippen molar-refractivity contribution in [2.75, 3.05) is 39.3 Å². The second-order valence-corrected chi connectivity index (χ2v) is 7.23. The molecule has 0 radical (unpaired) electrons. The summed E-state index contributed by atoms with van der Waals surface area (Å²) in [6.07, 6.45) is -0.735. The predicted molar refractivity (Wildman–Crippen MR) is 89.1 cm³/mol. The minimum absolute atomic E-state index is 0.287. The first-order chi connectivity index (χ1) is 10.5. The topological polar surface area (TPSA) is 56.2 Å². The van der Waals surface area contributed by atoms with Crippen LogP contribution in [0.3, 0.4) is 0 Å². The van der Waals surface area contributed by atoms with Gasteiger partial charge in [0.2, 0.25) is 0 Å². The average Bonchev–Trinajstić information content (AvgIpc) is 2.95. The van der Waals surface area contributed by atoms with E-state index in [4.69, 9.17) is 4.74 Å². The summed E-state index contributed by atoms with van der Waals surface area (Å²) in [5, 5.41) is 21.6. The minimum atomic E-state index is -0.449. The van der Waals surface area contributed by atoms with Crippen molar-refractivity contribution >= 4 is 11.3 Å². The van der Waals surface area contributed by atoms with Gasteiger partial charge in [-0.3, -0.25) is 9.80 Å². The fourth-order valence-corrected chi connectivity index (χ4v) is 3.53. The number of hydrogen-bond acceptors (Lipinski definition) is 6. The molecule has 0 aromatic carbocycles. The quantitative estimate of drug-likeness (QED) is 0.746. The molecule has 0 spiro atoms. The lowest BCUT2D eigenvalue weighted by Crippen LogP contribution is -2.54. The number of piperazine rings is 1. The molecule has 1 aliphatic heterocycles. The van der Waals surface area contributed by atoms with E-state index in [1.165, 1.54) is 4.88 Å². The van der Waals surface area contributed by atoms with Crippen molar-refractivity contribution in [3.05, 3.63) is 22.4 Å². The van der Waals surface area contributed by atoms with Crippen molar-refractivity contribution in [2.24, 2.45) is 0 Å². The molecule has 2 N–H and O–H groups in total. The number of ether oxygens (including phenoxy) is 1. The molecule has 1 saturated heterocycles. The van der Waals surface area contributed by atoms with Crippen LogP contribution in [-0.2, 0) is 11.3 Å². The SMILES string of the molecule is C[C@H](O)CN1CCN(C[C@H](O)COCc2cccs2)C[C@H]1C. The molecule has 0 amide bonds. The highest BCUT2D eigenvalue weighted by Gasteiger charge is 2.25. The lowest BCUT2D eigenvalue weighted by molar-refractivity contribution is -0.0110. The summed E-state index contributed by atoms with van der Waals surface area (Å²) in [6.45, 7) is 9.12. The van der Waals surface area contributed by atoms with Gasteiger partial charge >= 0.3 is 0 Å². The van der Waals surface area contributed by atoms with E-state index in [1.807, 2.05) is 24.4 Å². The second kappa shape index (κ2) is 8.96. The maximum Gasteiger partial charge on any atom is 0.0900 e. The van der Waals surface area contributed by atoms with Gasteiger partial charge in [0.05, 0.1) is 25.4 Å². The molecular weight excluding hydrogens is 300 g/mol. The number of aliphatic hydroxyl groups is 2. The van der Waals surface area contributed by atoms with Crippen LogP contribution >= 0.6 is 11.3 Å². The fraction of sp³-hybridized carbons (Fsp3) is 0.750. The summed E-state index contributed by atoms with van der Waals surface area (Å²) >= 11 is 1.67. The standard InChI is InChI=1S/C16H28N2O3S/c1-13-8-17(5-6-18(13)9-14(2)19)10-15(20)11-21-12-16-4-3-7-22-16/h3-4,7,13-15,19-20H,5-6,8-12H2,1-2H3/t13-,14+,15+/m1/s1. The lowest BCUT2D eigenvalue weighted by Gasteiger charge is -2.40. The Morgan fingerprint density at radius 1 is 1.36 bits per heavy atom. The second-order valence-electron chi connectivity index (χ2n) is 6.20. The van der Waals surface area contributed by atoms with Crippen LogP contribution in [0.15, 0.2) is 17.5 Å². The van der Waals surface area contributed by atoms with E-state index in [-0.39, 0.29) is 6.10 Å². The Kier molecular flexibility index (Phi) is 7.27. The smallest absolute Gasteiger partial charge is 0.0900 e. The normalized spacial score (nSPS) is 23.5. The third-order valence-corrected chi connectivity index (χ3v) is 4.80. The number of rotatable bonds is 8. The molecule has 22 heavy (non-hydrogen) atoms. The van der Waals surface area contributed by atoms with Gasteiger partial charge in [0.25, 0.3) is 0 Å². The fourth-order valence-electron chi connectivity index (χ4n) is 2.89. The molecule has 0 unspecified atom stereocenters. The third kappa shape index (κ3) is 5.95. The summed E-state index contributed by atoms with van der Waals surface area (Å²) in [5.74, 6) is 0. The van der Waals surface area contributed by atoms with Gasteiger partial charge in [-0.05, 0) is 25.3 Å². The Bertz CT molecular complexity index is 414. The molecule has 0 aliphatic carbocycles. The van der Waals surface area contributed by atoms with Crippen molar-refractivity contribution in [3.8, 4) is 0 Å². The number of aliphatic hydroxyl groups excluding tert-OH is 2. The largest absolute Gasteiger partial charge is 0.392 e. The van der Waals surface area contributed by atoms with Crippen molar-refractivity contribution < 1.29 is 14.9 Å². The van der Waals surface area contributed by atoms with Gasteiger partial charge in [0.15, 0.2) is 0 Å². The van der Waals surface area contributed by atoms with Crippen molar-refractivity contribution in [2.45, 2.75) is 38.7 Å². The van der Waals surface area contributed by atoms with Crippen molar-refractivity contribution in [3.63, 3.8) is 0 Å². The lowest BCUT2D eigenvalue weighted by atomic mass is 10.1. The van der Waals surface area contributed by atoms with Gasteiger partial charge in [-0.25, -0.2) is 0 Å². The predicted octanol–water partition coefficient (Wildman–Crippen LogP) is 1.01. The summed E-state index contributed by atoms with van der Waals surface area (Å²) in [5.41, 5.74) is 0. The van der Waals surface area contributed by atoms with Crippen molar-refractivity contribution in [1.82, 2.24) is 9.80 Å². The monoisotopic (exact) mass is 328 g/mol. The first-order valence-corrected chi connectivity index (χ1v) is 8.85. The summed E-state index contributed by atoms with van der Waals surface area (Å²) in [4.78, 5) is 5.77. The third-order valence-electron chi connectivity index (χ3n) is 3.95. The van der Waals surface area contributed by atoms with Gasteiger partial charge in [-0.15, -0.1) is 11.3 Å². The molecule has 2 rings (SSSR count). The van der Waals surface area contributed by atoms with Crippen LogP contribution in [0.25, 0.3) is 0 Å². The van der Waals surface area contributed by atoms with E-state index >= 15 is 0 Å². The zero-order valence-electron chi connectivity index (χ0n) is 13.5. The first-order valence-electron chi connectivity index (χ1n) is 7.97. The van der Waals surface area contributed by atoms with E-state index in [9.17, 15) is 10.2 Å². The molecule has 1 aromatic rings. The summed E-state index contributed by atoms with van der Waals surface area (Å²) < 4.78 is 5.57. The number of β-amino-alcohol motifs (C(OH)–C–C–N with tert-alkyl or cyclic N) is 2. The highest BCUT2D eigenvalue weighted by atomic mass is 32.1. The molecule has 6 heteroatoms. The molecule has 1 aromatic heterocycles. The van der Waals surface area contributed by atoms with E-state index in [1.54, 1.807) is 11.3 Å². The molecule has 1 aliphatic rings. The maximum absolute atomic E-state index is 10.1. The molecule has 3 atom stereocenters. The van der Waals surface area contributed by atoms with Gasteiger partial charge in [0, 0.05) is 43.6 Å². The van der Waals surface area contributed by atoms with E-state index in [0.29, 0.717) is 25.8 Å². The van der Waals surface area contributed by atoms with Crippen LogP contribution in [0.5, 0.6) is 0 Å². The molecule has 5 nitrogen and oxygen atoms in total. The number of thiophene rings is 1.